The number of carbonyl (C=O) groups is 2. The zero-order chi connectivity index (χ0) is 18.2. The monoisotopic (exact) mass is 349 g/mol. The predicted octanol–water partition coefficient (Wildman–Crippen LogP) is 3.46. The van der Waals surface area contributed by atoms with Crippen LogP contribution >= 0.6 is 0 Å². The molecule has 4 nitrogen and oxygen atoms in total. The molecule has 0 heterocycles. The van der Waals surface area contributed by atoms with E-state index < -0.39 is 11.4 Å². The normalized spacial score (nSPS) is 25.7. The van der Waals surface area contributed by atoms with Gasteiger partial charge in [0.05, 0.1) is 5.41 Å². The molecule has 3 fully saturated rings. The van der Waals surface area contributed by atoms with Gasteiger partial charge < -0.3 is 10.4 Å². The SMILES string of the molecule is O=C(NCC12CC(C(=O)O)(C1)C2)c1ccccc1CCc1ccccc1. The summed E-state index contributed by atoms with van der Waals surface area (Å²) in [6.07, 6.45) is 3.82. The number of carbonyl (C=O) groups excluding carboxylic acids is 1. The van der Waals surface area contributed by atoms with Gasteiger partial charge >= 0.3 is 5.97 Å². The van der Waals surface area contributed by atoms with Crippen LogP contribution in [-0.4, -0.2) is 23.5 Å². The number of hydrogen-bond acceptors (Lipinski definition) is 2. The molecule has 0 aliphatic heterocycles. The Hall–Kier alpha value is -2.62. The van der Waals surface area contributed by atoms with Gasteiger partial charge in [-0.1, -0.05) is 48.5 Å². The average molecular weight is 349 g/mol. The van der Waals surface area contributed by atoms with E-state index in [-0.39, 0.29) is 11.3 Å². The molecule has 134 valence electrons. The van der Waals surface area contributed by atoms with E-state index in [0.29, 0.717) is 25.8 Å². The van der Waals surface area contributed by atoms with Crippen LogP contribution in [-0.2, 0) is 17.6 Å². The number of nitrogens with one attached hydrogen (secondary N) is 1. The molecule has 0 saturated heterocycles. The maximum atomic E-state index is 12.7. The highest BCUT2D eigenvalue weighted by Crippen LogP contribution is 2.73. The number of amides is 1. The summed E-state index contributed by atoms with van der Waals surface area (Å²) in [5, 5.41) is 12.2. The largest absolute Gasteiger partial charge is 0.481 e. The zero-order valence-electron chi connectivity index (χ0n) is 14.7. The second kappa shape index (κ2) is 6.27. The molecule has 3 saturated carbocycles. The summed E-state index contributed by atoms with van der Waals surface area (Å²) in [7, 11) is 0. The number of hydrogen-bond donors (Lipinski definition) is 2. The van der Waals surface area contributed by atoms with Crippen molar-refractivity contribution in [1.29, 1.82) is 0 Å². The summed E-state index contributed by atoms with van der Waals surface area (Å²) >= 11 is 0. The van der Waals surface area contributed by atoms with Gasteiger partial charge in [0, 0.05) is 12.1 Å². The third-order valence-corrected chi connectivity index (χ3v) is 6.01. The lowest BCUT2D eigenvalue weighted by molar-refractivity contribution is -0.219. The topological polar surface area (TPSA) is 66.4 Å². The van der Waals surface area contributed by atoms with Crippen LogP contribution in [0.5, 0.6) is 0 Å². The molecule has 0 aromatic heterocycles. The van der Waals surface area contributed by atoms with E-state index in [1.54, 1.807) is 0 Å². The van der Waals surface area contributed by atoms with E-state index in [2.05, 4.69) is 17.4 Å². The van der Waals surface area contributed by atoms with Crippen LogP contribution in [0.25, 0.3) is 0 Å². The predicted molar refractivity (Wildman–Crippen MR) is 99.0 cm³/mol. The van der Waals surface area contributed by atoms with Gasteiger partial charge in [0.25, 0.3) is 5.91 Å². The van der Waals surface area contributed by atoms with E-state index in [9.17, 15) is 14.7 Å². The summed E-state index contributed by atoms with van der Waals surface area (Å²) in [4.78, 5) is 23.9. The smallest absolute Gasteiger partial charge is 0.309 e. The second-order valence-corrected chi connectivity index (χ2v) is 7.94. The number of aryl methyl sites for hydroxylation is 2. The number of benzene rings is 2. The molecule has 1 amide bonds. The molecule has 5 rings (SSSR count). The first-order valence-electron chi connectivity index (χ1n) is 9.16. The molecule has 0 radical (unpaired) electrons. The lowest BCUT2D eigenvalue weighted by atomic mass is 9.35. The van der Waals surface area contributed by atoms with Crippen molar-refractivity contribution in [2.45, 2.75) is 32.1 Å². The molecule has 0 spiro atoms. The van der Waals surface area contributed by atoms with Gasteiger partial charge in [0.15, 0.2) is 0 Å². The molecule has 0 unspecified atom stereocenters. The Labute approximate surface area is 153 Å². The molecule has 2 bridgehead atoms. The van der Waals surface area contributed by atoms with E-state index in [1.165, 1.54) is 5.56 Å². The zero-order valence-corrected chi connectivity index (χ0v) is 14.7. The molecule has 3 aliphatic rings. The van der Waals surface area contributed by atoms with Crippen molar-refractivity contribution in [3.05, 3.63) is 71.3 Å². The van der Waals surface area contributed by atoms with Crippen molar-refractivity contribution < 1.29 is 14.7 Å². The van der Waals surface area contributed by atoms with Crippen LogP contribution in [0, 0.1) is 10.8 Å². The lowest BCUT2D eigenvalue weighted by Gasteiger charge is -2.68. The first kappa shape index (κ1) is 16.8. The van der Waals surface area contributed by atoms with Crippen LogP contribution in [0.3, 0.4) is 0 Å². The van der Waals surface area contributed by atoms with Crippen LogP contribution in [0.1, 0.15) is 40.7 Å². The fourth-order valence-corrected chi connectivity index (χ4v) is 4.66. The Morgan fingerprint density at radius 3 is 2.27 bits per heavy atom. The molecule has 2 aromatic carbocycles. The summed E-state index contributed by atoms with van der Waals surface area (Å²) in [6.45, 7) is 0.577. The van der Waals surface area contributed by atoms with Crippen LogP contribution in [0.2, 0.25) is 0 Å². The molecule has 2 N–H and O–H groups in total. The molecule has 26 heavy (non-hydrogen) atoms. The minimum absolute atomic E-state index is 0.0209. The molecule has 0 atom stereocenters. The van der Waals surface area contributed by atoms with Gasteiger partial charge in [-0.3, -0.25) is 9.59 Å². The van der Waals surface area contributed by atoms with Crippen molar-refractivity contribution in [2.75, 3.05) is 6.54 Å². The minimum Gasteiger partial charge on any atom is -0.481 e. The van der Waals surface area contributed by atoms with Crippen molar-refractivity contribution >= 4 is 11.9 Å². The lowest BCUT2D eigenvalue weighted by Crippen LogP contribution is -2.68. The highest BCUT2D eigenvalue weighted by atomic mass is 16.4. The van der Waals surface area contributed by atoms with E-state index >= 15 is 0 Å². The quantitative estimate of drug-likeness (QED) is 0.804. The fourth-order valence-electron chi connectivity index (χ4n) is 4.66. The second-order valence-electron chi connectivity index (χ2n) is 7.94. The molecule has 2 aromatic rings. The minimum atomic E-state index is -0.683. The Morgan fingerprint density at radius 2 is 1.58 bits per heavy atom. The van der Waals surface area contributed by atoms with Gasteiger partial charge in [-0.05, 0) is 54.7 Å². The first-order chi connectivity index (χ1) is 12.5. The van der Waals surface area contributed by atoms with Crippen molar-refractivity contribution in [2.24, 2.45) is 10.8 Å². The van der Waals surface area contributed by atoms with Crippen LogP contribution in [0.4, 0.5) is 0 Å². The van der Waals surface area contributed by atoms with Gasteiger partial charge in [-0.15, -0.1) is 0 Å². The third kappa shape index (κ3) is 2.90. The maximum absolute atomic E-state index is 12.7. The average Bonchev–Trinajstić information content (AvgIpc) is 2.58. The van der Waals surface area contributed by atoms with Crippen LogP contribution < -0.4 is 5.32 Å². The maximum Gasteiger partial charge on any atom is 0.309 e. The Morgan fingerprint density at radius 1 is 0.923 bits per heavy atom. The highest BCUT2D eigenvalue weighted by Gasteiger charge is 2.71. The molecule has 4 heteroatoms. The van der Waals surface area contributed by atoms with E-state index in [0.717, 1.165) is 24.0 Å². The molecular formula is C22H23NO3. The number of carboxylic acids is 1. The molecular weight excluding hydrogens is 326 g/mol. The van der Waals surface area contributed by atoms with Gasteiger partial charge in [-0.2, -0.15) is 0 Å². The number of rotatable bonds is 7. The standard InChI is InChI=1S/C22H23NO3/c24-19(23-15-21-12-22(13-21,14-21)20(25)26)18-9-5-4-8-17(18)11-10-16-6-2-1-3-7-16/h1-9H,10-15H2,(H,23,24)(H,25,26). The van der Waals surface area contributed by atoms with E-state index in [4.69, 9.17) is 0 Å². The van der Waals surface area contributed by atoms with Crippen LogP contribution in [0.15, 0.2) is 54.6 Å². The summed E-state index contributed by atoms with van der Waals surface area (Å²) in [5.41, 5.74) is 2.57. The summed E-state index contributed by atoms with van der Waals surface area (Å²) in [6, 6.07) is 18.0. The summed E-state index contributed by atoms with van der Waals surface area (Å²) < 4.78 is 0. The highest BCUT2D eigenvalue weighted by molar-refractivity contribution is 5.95. The number of aliphatic carboxylic acids is 1. The molecule has 3 aliphatic carbocycles. The van der Waals surface area contributed by atoms with Gasteiger partial charge in [-0.25, -0.2) is 0 Å². The fraction of sp³-hybridized carbons (Fsp3) is 0.364. The Bertz CT molecular complexity index is 824. The third-order valence-electron chi connectivity index (χ3n) is 6.01. The van der Waals surface area contributed by atoms with Crippen molar-refractivity contribution in [3.8, 4) is 0 Å². The first-order valence-corrected chi connectivity index (χ1v) is 9.16. The van der Waals surface area contributed by atoms with Gasteiger partial charge in [0.2, 0.25) is 0 Å². The Balaban J connectivity index is 1.36. The van der Waals surface area contributed by atoms with Crippen molar-refractivity contribution in [3.63, 3.8) is 0 Å². The van der Waals surface area contributed by atoms with E-state index in [1.807, 2.05) is 42.5 Å². The number of carboxylic acid groups (broad SMARTS) is 1. The summed E-state index contributed by atoms with van der Waals surface area (Å²) in [5.74, 6) is -0.736. The van der Waals surface area contributed by atoms with Gasteiger partial charge in [0.1, 0.15) is 0 Å². The van der Waals surface area contributed by atoms with Crippen molar-refractivity contribution in [1.82, 2.24) is 5.32 Å². The Kier molecular flexibility index (Phi) is 4.06.